The molecule has 3 N–H and O–H groups in total. The third-order valence-electron chi connectivity index (χ3n) is 5.35. The zero-order valence-corrected chi connectivity index (χ0v) is 20.8. The van der Waals surface area contributed by atoms with E-state index in [1.165, 1.54) is 37.1 Å². The van der Waals surface area contributed by atoms with Gasteiger partial charge < -0.3 is 10.8 Å². The summed E-state index contributed by atoms with van der Waals surface area (Å²) in [6.07, 6.45) is 8.07. The topological polar surface area (TPSA) is 46.2 Å². The van der Waals surface area contributed by atoms with Gasteiger partial charge in [-0.3, -0.25) is 0 Å². The molecule has 0 unspecified atom stereocenters. The Morgan fingerprint density at radius 1 is 0.706 bits per heavy atom. The second-order valence-corrected chi connectivity index (χ2v) is 7.86. The lowest BCUT2D eigenvalue weighted by Crippen LogP contribution is -1.95. The maximum absolute atomic E-state index is 14.8. The van der Waals surface area contributed by atoms with Gasteiger partial charge in [0.25, 0.3) is 0 Å². The van der Waals surface area contributed by atoms with Gasteiger partial charge in [-0.1, -0.05) is 99.8 Å². The normalized spacial score (nSPS) is 9.97. The third-order valence-corrected chi connectivity index (χ3v) is 5.35. The maximum atomic E-state index is 14.8. The average Bonchev–Trinajstić information content (AvgIpc) is 2.88. The fraction of sp³-hybridized carbons (Fsp3) is 0.333. The van der Waals surface area contributed by atoms with Crippen molar-refractivity contribution < 1.29 is 13.9 Å². The number of unbranched alkanes of at least 4 members (excludes halogenated alkanes) is 2. The van der Waals surface area contributed by atoms with Gasteiger partial charge in [0.05, 0.1) is 6.61 Å². The number of aliphatic hydroxyl groups is 1. The molecule has 3 aromatic rings. The van der Waals surface area contributed by atoms with Crippen LogP contribution >= 0.6 is 0 Å². The summed E-state index contributed by atoms with van der Waals surface area (Å²) in [5.41, 5.74) is 8.98. The number of rotatable bonds is 9. The van der Waals surface area contributed by atoms with Crippen LogP contribution < -0.4 is 5.73 Å². The van der Waals surface area contributed by atoms with E-state index in [2.05, 4.69) is 26.2 Å². The van der Waals surface area contributed by atoms with Gasteiger partial charge in [0.15, 0.2) is 11.6 Å². The Bertz CT molecular complexity index is 966. The minimum Gasteiger partial charge on any atom is -0.392 e. The Balaban J connectivity index is 0.000000872. The Hall–Kier alpha value is -2.82. The van der Waals surface area contributed by atoms with E-state index >= 15 is 0 Å². The van der Waals surface area contributed by atoms with Crippen LogP contribution in [0.4, 0.5) is 8.78 Å². The van der Waals surface area contributed by atoms with Crippen molar-refractivity contribution in [3.63, 3.8) is 0 Å². The molecule has 3 rings (SSSR count). The maximum Gasteiger partial charge on any atom is 0.167 e. The van der Waals surface area contributed by atoms with Crippen LogP contribution in [0.1, 0.15) is 50.7 Å². The van der Waals surface area contributed by atoms with Crippen molar-refractivity contribution in [3.8, 4) is 22.3 Å². The van der Waals surface area contributed by atoms with Crippen LogP contribution in [0.3, 0.4) is 0 Å². The highest BCUT2D eigenvalue weighted by atomic mass is 19.2. The van der Waals surface area contributed by atoms with E-state index in [1.807, 2.05) is 48.5 Å². The third kappa shape index (κ3) is 8.85. The molecule has 0 fully saturated rings. The Labute approximate surface area is 204 Å². The van der Waals surface area contributed by atoms with Gasteiger partial charge in [-0.2, -0.15) is 0 Å². The minimum absolute atomic E-state index is 0.0833. The van der Waals surface area contributed by atoms with Crippen LogP contribution in [0.5, 0.6) is 0 Å². The van der Waals surface area contributed by atoms with Crippen molar-refractivity contribution in [2.24, 2.45) is 5.73 Å². The van der Waals surface area contributed by atoms with Gasteiger partial charge in [-0.05, 0) is 48.6 Å². The van der Waals surface area contributed by atoms with E-state index < -0.39 is 11.6 Å². The minimum atomic E-state index is -0.784. The highest BCUT2D eigenvalue weighted by Gasteiger charge is 2.16. The van der Waals surface area contributed by atoms with Crippen molar-refractivity contribution in [2.75, 3.05) is 13.7 Å². The summed E-state index contributed by atoms with van der Waals surface area (Å²) >= 11 is 0. The van der Waals surface area contributed by atoms with Crippen LogP contribution in [0.25, 0.3) is 22.3 Å². The molecule has 4 heteroatoms. The van der Waals surface area contributed by atoms with E-state index in [4.69, 9.17) is 5.11 Å². The van der Waals surface area contributed by atoms with Crippen LogP contribution in [-0.2, 0) is 12.8 Å². The lowest BCUT2D eigenvalue weighted by atomic mass is 9.96. The first-order valence-corrected chi connectivity index (χ1v) is 12.0. The van der Waals surface area contributed by atoms with Gasteiger partial charge in [-0.25, -0.2) is 8.78 Å². The van der Waals surface area contributed by atoms with Crippen molar-refractivity contribution >= 4 is 0 Å². The number of aryl methyl sites for hydroxylation is 2. The zero-order chi connectivity index (χ0) is 25.3. The first-order valence-electron chi connectivity index (χ1n) is 12.0. The van der Waals surface area contributed by atoms with Crippen LogP contribution in [0, 0.1) is 11.6 Å². The molecule has 0 bridgehead atoms. The molecule has 0 radical (unpaired) electrons. The molecule has 0 saturated heterocycles. The van der Waals surface area contributed by atoms with E-state index in [-0.39, 0.29) is 6.61 Å². The van der Waals surface area contributed by atoms with Gasteiger partial charge in [-0.15, -0.1) is 6.58 Å². The summed E-state index contributed by atoms with van der Waals surface area (Å²) in [5.74, 6) is -1.57. The molecule has 0 spiro atoms. The van der Waals surface area contributed by atoms with E-state index in [1.54, 1.807) is 12.1 Å². The van der Waals surface area contributed by atoms with Crippen molar-refractivity contribution in [2.45, 2.75) is 52.4 Å². The molecular formula is C30H39F2NO. The molecule has 0 heterocycles. The van der Waals surface area contributed by atoms with Crippen LogP contribution in [0.15, 0.2) is 73.3 Å². The fourth-order valence-electron chi connectivity index (χ4n) is 3.57. The fourth-order valence-corrected chi connectivity index (χ4v) is 3.57. The predicted octanol–water partition coefficient (Wildman–Crippen LogP) is 7.72. The number of aliphatic hydroxyl groups excluding tert-OH is 1. The highest BCUT2D eigenvalue weighted by Crippen LogP contribution is 2.32. The number of benzene rings is 3. The summed E-state index contributed by atoms with van der Waals surface area (Å²) in [6, 6.07) is 18.9. The van der Waals surface area contributed by atoms with Gasteiger partial charge in [0, 0.05) is 11.1 Å². The SMILES string of the molecule is C=CCO.CCCCCc1ccc(-c2ccc(-c3ccc(CCC)cc3)c(F)c2F)cc1.CN. The van der Waals surface area contributed by atoms with Gasteiger partial charge in [0.2, 0.25) is 0 Å². The molecule has 0 aliphatic carbocycles. The molecule has 0 saturated carbocycles. The summed E-state index contributed by atoms with van der Waals surface area (Å²) in [6.45, 7) is 7.62. The monoisotopic (exact) mass is 467 g/mol. The smallest absolute Gasteiger partial charge is 0.167 e. The summed E-state index contributed by atoms with van der Waals surface area (Å²) < 4.78 is 29.6. The van der Waals surface area contributed by atoms with E-state index in [9.17, 15) is 8.78 Å². The zero-order valence-electron chi connectivity index (χ0n) is 20.8. The molecule has 0 amide bonds. The Morgan fingerprint density at radius 2 is 1.12 bits per heavy atom. The van der Waals surface area contributed by atoms with Gasteiger partial charge in [0.1, 0.15) is 0 Å². The molecule has 34 heavy (non-hydrogen) atoms. The Kier molecular flexibility index (Phi) is 14.4. The number of hydrogen-bond acceptors (Lipinski definition) is 2. The van der Waals surface area contributed by atoms with Crippen molar-refractivity contribution in [1.82, 2.24) is 0 Å². The second-order valence-electron chi connectivity index (χ2n) is 7.86. The lowest BCUT2D eigenvalue weighted by Gasteiger charge is -2.10. The molecule has 0 atom stereocenters. The molecule has 2 nitrogen and oxygen atoms in total. The van der Waals surface area contributed by atoms with E-state index in [0.29, 0.717) is 22.3 Å². The number of nitrogens with two attached hydrogens (primary N) is 1. The largest absolute Gasteiger partial charge is 0.392 e. The molecule has 0 aromatic heterocycles. The Morgan fingerprint density at radius 3 is 1.47 bits per heavy atom. The lowest BCUT2D eigenvalue weighted by molar-refractivity contribution is 0.343. The highest BCUT2D eigenvalue weighted by molar-refractivity contribution is 5.72. The first-order chi connectivity index (χ1) is 16.5. The number of halogens is 2. The summed E-state index contributed by atoms with van der Waals surface area (Å²) in [5, 5.41) is 7.76. The van der Waals surface area contributed by atoms with Crippen LogP contribution in [-0.4, -0.2) is 18.8 Å². The van der Waals surface area contributed by atoms with Gasteiger partial charge >= 0.3 is 0 Å². The number of hydrogen-bond donors (Lipinski definition) is 2. The standard InChI is InChI=1S/C26H28F2.C3H6O.CH5N/c1-3-5-6-8-20-11-15-22(16-12-20)24-18-17-23(25(27)26(24)28)21-13-9-19(7-4-2)10-14-21;1-2-3-4;1-2/h9-18H,3-8H2,1-2H3;2,4H,1,3H2;2H2,1H3. The van der Waals surface area contributed by atoms with E-state index in [0.717, 1.165) is 25.7 Å². The predicted molar refractivity (Wildman–Crippen MR) is 142 cm³/mol. The average molecular weight is 468 g/mol. The molecule has 0 aliphatic rings. The van der Waals surface area contributed by atoms with Crippen LogP contribution in [0.2, 0.25) is 0 Å². The first kappa shape index (κ1) is 29.2. The molecule has 184 valence electrons. The summed E-state index contributed by atoms with van der Waals surface area (Å²) in [7, 11) is 1.50. The molecule has 0 aliphatic heterocycles. The second kappa shape index (κ2) is 16.7. The summed E-state index contributed by atoms with van der Waals surface area (Å²) in [4.78, 5) is 0. The van der Waals surface area contributed by atoms with Crippen molar-refractivity contribution in [1.29, 1.82) is 0 Å². The molecule has 3 aromatic carbocycles. The quantitative estimate of drug-likeness (QED) is 0.250. The molecular weight excluding hydrogens is 428 g/mol. The van der Waals surface area contributed by atoms with Crippen molar-refractivity contribution in [3.05, 3.63) is 96.1 Å².